The van der Waals surface area contributed by atoms with Crippen LogP contribution in [-0.4, -0.2) is 42.2 Å². The molecule has 0 aliphatic carbocycles. The van der Waals surface area contributed by atoms with Gasteiger partial charge in [0, 0.05) is 16.3 Å². The van der Waals surface area contributed by atoms with E-state index in [2.05, 4.69) is 21.2 Å². The molecule has 3 aromatic carbocycles. The van der Waals surface area contributed by atoms with Crippen LogP contribution in [0, 0.1) is 0 Å². The molecule has 4 rings (SSSR count). The second kappa shape index (κ2) is 13.1. The number of imide groups is 1. The van der Waals surface area contributed by atoms with E-state index in [1.165, 1.54) is 0 Å². The SMILES string of the molecule is CCOc1cc(/C=C2/SC(=O)N(CC(=O)Nc3ccc(OC)cc3)C2=O)cc(Br)c1OCc1ccccc1Cl. The highest BCUT2D eigenvalue weighted by Gasteiger charge is 2.36. The van der Waals surface area contributed by atoms with Gasteiger partial charge in [-0.1, -0.05) is 29.8 Å². The molecular formula is C28H24BrClN2O6S. The summed E-state index contributed by atoms with van der Waals surface area (Å²) in [7, 11) is 1.54. The molecular weight excluding hydrogens is 608 g/mol. The van der Waals surface area contributed by atoms with Crippen molar-refractivity contribution >= 4 is 68.1 Å². The summed E-state index contributed by atoms with van der Waals surface area (Å²) in [6.45, 7) is 2.06. The zero-order valence-corrected chi connectivity index (χ0v) is 24.2. The maximum atomic E-state index is 13.0. The number of hydrogen-bond acceptors (Lipinski definition) is 7. The van der Waals surface area contributed by atoms with Gasteiger partial charge in [-0.3, -0.25) is 19.3 Å². The Kier molecular flexibility index (Phi) is 9.55. The molecule has 0 bridgehead atoms. The van der Waals surface area contributed by atoms with E-state index in [0.717, 1.165) is 22.2 Å². The first-order valence-electron chi connectivity index (χ1n) is 11.8. The number of benzene rings is 3. The molecule has 1 heterocycles. The lowest BCUT2D eigenvalue weighted by Gasteiger charge is -2.15. The minimum atomic E-state index is -0.553. The van der Waals surface area contributed by atoms with Gasteiger partial charge in [0.25, 0.3) is 11.1 Å². The van der Waals surface area contributed by atoms with Crippen molar-refractivity contribution in [3.8, 4) is 17.2 Å². The number of nitrogens with one attached hydrogen (secondary N) is 1. The highest BCUT2D eigenvalue weighted by molar-refractivity contribution is 9.10. The predicted octanol–water partition coefficient (Wildman–Crippen LogP) is 6.76. The first-order valence-corrected chi connectivity index (χ1v) is 13.8. The van der Waals surface area contributed by atoms with Crippen LogP contribution in [0.5, 0.6) is 17.2 Å². The monoisotopic (exact) mass is 630 g/mol. The van der Waals surface area contributed by atoms with Gasteiger partial charge in [0.1, 0.15) is 18.9 Å². The van der Waals surface area contributed by atoms with Crippen molar-refractivity contribution in [1.82, 2.24) is 4.90 Å². The third-order valence-electron chi connectivity index (χ3n) is 5.51. The number of rotatable bonds is 10. The Morgan fingerprint density at radius 3 is 2.54 bits per heavy atom. The summed E-state index contributed by atoms with van der Waals surface area (Å²) >= 11 is 10.5. The molecule has 0 radical (unpaired) electrons. The largest absolute Gasteiger partial charge is 0.497 e. The molecule has 0 aromatic heterocycles. The fourth-order valence-corrected chi connectivity index (χ4v) is 5.25. The quantitative estimate of drug-likeness (QED) is 0.247. The Balaban J connectivity index is 1.48. The Hall–Kier alpha value is -3.47. The van der Waals surface area contributed by atoms with Crippen LogP contribution in [0.1, 0.15) is 18.1 Å². The molecule has 202 valence electrons. The lowest BCUT2D eigenvalue weighted by atomic mass is 10.1. The number of methoxy groups -OCH3 is 1. The summed E-state index contributed by atoms with van der Waals surface area (Å²) in [6.07, 6.45) is 1.58. The van der Waals surface area contributed by atoms with Crippen molar-refractivity contribution in [2.75, 3.05) is 25.6 Å². The second-order valence-corrected chi connectivity index (χ2v) is 10.4. The zero-order valence-electron chi connectivity index (χ0n) is 21.0. The van der Waals surface area contributed by atoms with Crippen LogP contribution in [0.2, 0.25) is 5.02 Å². The molecule has 3 amide bonds. The van der Waals surface area contributed by atoms with Crippen LogP contribution >= 0.6 is 39.3 Å². The van der Waals surface area contributed by atoms with Gasteiger partial charge in [-0.25, -0.2) is 0 Å². The maximum absolute atomic E-state index is 13.0. The van der Waals surface area contributed by atoms with Crippen molar-refractivity contribution in [1.29, 1.82) is 0 Å². The molecule has 11 heteroatoms. The zero-order chi connectivity index (χ0) is 27.9. The maximum Gasteiger partial charge on any atom is 0.294 e. The first kappa shape index (κ1) is 28.5. The van der Waals surface area contributed by atoms with Crippen molar-refractivity contribution in [3.05, 3.63) is 86.2 Å². The van der Waals surface area contributed by atoms with Crippen molar-refractivity contribution < 1.29 is 28.6 Å². The molecule has 39 heavy (non-hydrogen) atoms. The van der Waals surface area contributed by atoms with Gasteiger partial charge in [-0.05, 0) is 88.7 Å². The minimum absolute atomic E-state index is 0.191. The van der Waals surface area contributed by atoms with Crippen LogP contribution in [0.4, 0.5) is 10.5 Å². The highest BCUT2D eigenvalue weighted by Crippen LogP contribution is 2.40. The van der Waals surface area contributed by atoms with Gasteiger partial charge in [0.2, 0.25) is 5.91 Å². The molecule has 1 aliphatic heterocycles. The van der Waals surface area contributed by atoms with E-state index >= 15 is 0 Å². The van der Waals surface area contributed by atoms with E-state index in [4.69, 9.17) is 25.8 Å². The number of anilines is 1. The number of nitrogens with zero attached hydrogens (tertiary/aromatic N) is 1. The number of carbonyl (C=O) groups excluding carboxylic acids is 3. The number of thioether (sulfide) groups is 1. The standard InChI is InChI=1S/C28H24BrClN2O6S/c1-3-37-23-13-17(12-21(29)26(23)38-16-18-6-4-5-7-22(18)30)14-24-27(34)32(28(35)39-24)15-25(33)31-19-8-10-20(36-2)11-9-19/h4-14H,3,15-16H2,1-2H3,(H,31,33)/b24-14+. The van der Waals surface area contributed by atoms with Crippen molar-refractivity contribution in [2.24, 2.45) is 0 Å². The molecule has 1 N–H and O–H groups in total. The number of carbonyl (C=O) groups is 3. The smallest absolute Gasteiger partial charge is 0.294 e. The van der Waals surface area contributed by atoms with Crippen LogP contribution in [0.25, 0.3) is 6.08 Å². The number of ether oxygens (including phenoxy) is 3. The van der Waals surface area contributed by atoms with E-state index in [1.807, 2.05) is 25.1 Å². The molecule has 1 fully saturated rings. The van der Waals surface area contributed by atoms with Gasteiger partial charge < -0.3 is 19.5 Å². The topological polar surface area (TPSA) is 94.2 Å². The Labute approximate surface area is 243 Å². The Bertz CT molecular complexity index is 1430. The second-order valence-electron chi connectivity index (χ2n) is 8.19. The molecule has 0 saturated carbocycles. The van der Waals surface area contributed by atoms with Crippen molar-refractivity contribution in [3.63, 3.8) is 0 Å². The van der Waals surface area contributed by atoms with E-state index < -0.39 is 23.6 Å². The first-order chi connectivity index (χ1) is 18.8. The summed E-state index contributed by atoms with van der Waals surface area (Å²) in [4.78, 5) is 39.1. The molecule has 1 saturated heterocycles. The lowest BCUT2D eigenvalue weighted by molar-refractivity contribution is -0.127. The summed E-state index contributed by atoms with van der Waals surface area (Å²) < 4.78 is 17.5. The summed E-state index contributed by atoms with van der Waals surface area (Å²) in [5.74, 6) is 0.539. The van der Waals surface area contributed by atoms with Crippen molar-refractivity contribution in [2.45, 2.75) is 13.5 Å². The fraction of sp³-hybridized carbons (Fsp3) is 0.179. The molecule has 8 nitrogen and oxygen atoms in total. The van der Waals surface area contributed by atoms with E-state index in [0.29, 0.717) is 44.6 Å². The van der Waals surface area contributed by atoms with E-state index in [1.54, 1.807) is 55.7 Å². The number of hydrogen-bond donors (Lipinski definition) is 1. The molecule has 3 aromatic rings. The van der Waals surface area contributed by atoms with Gasteiger partial charge >= 0.3 is 0 Å². The molecule has 0 unspecified atom stereocenters. The highest BCUT2D eigenvalue weighted by atomic mass is 79.9. The van der Waals surface area contributed by atoms with Crippen LogP contribution in [-0.2, 0) is 16.2 Å². The summed E-state index contributed by atoms with van der Waals surface area (Å²) in [6, 6.07) is 17.6. The summed E-state index contributed by atoms with van der Waals surface area (Å²) in [5, 5.41) is 2.74. The molecule has 0 atom stereocenters. The van der Waals surface area contributed by atoms with Gasteiger partial charge in [0.15, 0.2) is 11.5 Å². The molecule has 1 aliphatic rings. The van der Waals surface area contributed by atoms with E-state index in [9.17, 15) is 14.4 Å². The fourth-order valence-electron chi connectivity index (χ4n) is 3.65. The van der Waals surface area contributed by atoms with Crippen LogP contribution in [0.15, 0.2) is 70.0 Å². The van der Waals surface area contributed by atoms with Crippen LogP contribution in [0.3, 0.4) is 0 Å². The Morgan fingerprint density at radius 1 is 1.10 bits per heavy atom. The molecule has 0 spiro atoms. The van der Waals surface area contributed by atoms with Gasteiger partial charge in [0.05, 0.1) is 23.1 Å². The van der Waals surface area contributed by atoms with Crippen LogP contribution < -0.4 is 19.5 Å². The summed E-state index contributed by atoms with van der Waals surface area (Å²) in [5.41, 5.74) is 1.96. The van der Waals surface area contributed by atoms with Gasteiger partial charge in [-0.15, -0.1) is 0 Å². The normalized spacial score (nSPS) is 14.1. The third kappa shape index (κ3) is 7.14. The lowest BCUT2D eigenvalue weighted by Crippen LogP contribution is -2.36. The van der Waals surface area contributed by atoms with E-state index in [-0.39, 0.29) is 11.5 Å². The minimum Gasteiger partial charge on any atom is -0.497 e. The third-order valence-corrected chi connectivity index (χ3v) is 7.37. The average Bonchev–Trinajstić information content (AvgIpc) is 3.17. The average molecular weight is 632 g/mol. The number of halogens is 2. The predicted molar refractivity (Wildman–Crippen MR) is 155 cm³/mol. The number of amides is 3. The van der Waals surface area contributed by atoms with Gasteiger partial charge in [-0.2, -0.15) is 0 Å². The Morgan fingerprint density at radius 2 is 1.85 bits per heavy atom.